The first-order valence-electron chi connectivity index (χ1n) is 33.8. The molecule has 6 nitrogen and oxygen atoms in total. The van der Waals surface area contributed by atoms with E-state index in [1.807, 2.05) is 6.08 Å². The predicted molar refractivity (Wildman–Crippen MR) is 329 cm³/mol. The summed E-state index contributed by atoms with van der Waals surface area (Å²) in [6.07, 6.45) is 82.0. The van der Waals surface area contributed by atoms with Gasteiger partial charge in [-0.05, 0) is 83.5 Å². The molecule has 3 N–H and O–H groups in total. The third-order valence-electron chi connectivity index (χ3n) is 15.6. The monoisotopic (exact) mass is 1050 g/mol. The van der Waals surface area contributed by atoms with Crippen molar-refractivity contribution in [1.29, 1.82) is 0 Å². The topological polar surface area (TPSA) is 95.9 Å². The Kier molecular flexibility index (Phi) is 63.0. The van der Waals surface area contributed by atoms with Crippen molar-refractivity contribution in [2.24, 2.45) is 0 Å². The first-order valence-corrected chi connectivity index (χ1v) is 33.8. The highest BCUT2D eigenvalue weighted by Gasteiger charge is 2.18. The van der Waals surface area contributed by atoms with Gasteiger partial charge in [0.05, 0.1) is 25.4 Å². The van der Waals surface area contributed by atoms with Crippen LogP contribution in [-0.2, 0) is 14.3 Å². The molecule has 0 aromatic carbocycles. The van der Waals surface area contributed by atoms with Crippen LogP contribution in [0.4, 0.5) is 0 Å². The van der Waals surface area contributed by atoms with Crippen LogP contribution >= 0.6 is 0 Å². The van der Waals surface area contributed by atoms with E-state index >= 15 is 0 Å². The molecule has 0 aliphatic rings. The van der Waals surface area contributed by atoms with Gasteiger partial charge in [-0.3, -0.25) is 9.59 Å². The summed E-state index contributed by atoms with van der Waals surface area (Å²) in [7, 11) is 0. The Labute approximate surface area is 468 Å². The molecule has 0 aliphatic heterocycles. The van der Waals surface area contributed by atoms with Crippen LogP contribution in [0.3, 0.4) is 0 Å². The molecule has 0 spiro atoms. The van der Waals surface area contributed by atoms with Gasteiger partial charge in [0, 0.05) is 12.8 Å². The lowest BCUT2D eigenvalue weighted by Gasteiger charge is -2.20. The third-order valence-corrected chi connectivity index (χ3v) is 15.6. The van der Waals surface area contributed by atoms with Crippen molar-refractivity contribution in [3.8, 4) is 0 Å². The van der Waals surface area contributed by atoms with Crippen molar-refractivity contribution in [3.63, 3.8) is 0 Å². The van der Waals surface area contributed by atoms with E-state index < -0.39 is 12.1 Å². The standard InChI is InChI=1S/C69H131NO5/c1-3-5-7-9-11-13-15-17-19-21-22-23-24-25-26-27-30-33-37-41-45-49-53-57-61-67(72)66(65-71)70-68(73)62-58-54-50-46-42-38-34-31-28-29-32-36-40-44-48-52-56-60-64-75-69(74)63-59-55-51-47-43-39-35-20-18-16-14-12-10-8-6-4-2/h20,31,34-35,57,61,66-67,71-72H,3-19,21-30,32-33,36-56,58-60,62-65H2,1-2H3,(H,70,73)/b34-31-,35-20-,61-57+. The zero-order valence-electron chi connectivity index (χ0n) is 50.5. The van der Waals surface area contributed by atoms with Crippen LogP contribution < -0.4 is 5.32 Å². The van der Waals surface area contributed by atoms with Crippen LogP contribution in [0.25, 0.3) is 0 Å². The van der Waals surface area contributed by atoms with Gasteiger partial charge < -0.3 is 20.3 Å². The van der Waals surface area contributed by atoms with E-state index in [1.54, 1.807) is 6.08 Å². The number of ether oxygens (including phenoxy) is 1. The second-order valence-corrected chi connectivity index (χ2v) is 23.1. The van der Waals surface area contributed by atoms with Gasteiger partial charge in [-0.1, -0.05) is 307 Å². The highest BCUT2D eigenvalue weighted by molar-refractivity contribution is 5.76. The first kappa shape index (κ1) is 73.1. The number of amides is 1. The molecule has 75 heavy (non-hydrogen) atoms. The molecule has 0 rings (SSSR count). The summed E-state index contributed by atoms with van der Waals surface area (Å²) in [5.74, 6) is -0.0838. The zero-order valence-corrected chi connectivity index (χ0v) is 50.5. The van der Waals surface area contributed by atoms with E-state index in [0.717, 1.165) is 64.2 Å². The van der Waals surface area contributed by atoms with Gasteiger partial charge in [0.15, 0.2) is 0 Å². The van der Waals surface area contributed by atoms with Crippen LogP contribution in [0.15, 0.2) is 36.5 Å². The highest BCUT2D eigenvalue weighted by Crippen LogP contribution is 2.18. The van der Waals surface area contributed by atoms with E-state index in [-0.39, 0.29) is 18.5 Å². The fourth-order valence-electron chi connectivity index (χ4n) is 10.4. The summed E-state index contributed by atoms with van der Waals surface area (Å²) < 4.78 is 5.48. The van der Waals surface area contributed by atoms with Gasteiger partial charge in [0.2, 0.25) is 5.91 Å². The number of rotatable bonds is 63. The van der Waals surface area contributed by atoms with Crippen molar-refractivity contribution in [2.45, 2.75) is 379 Å². The summed E-state index contributed by atoms with van der Waals surface area (Å²) in [5, 5.41) is 23.2. The number of unbranched alkanes of at least 4 members (excludes halogenated alkanes) is 48. The maximum atomic E-state index is 12.5. The fourth-order valence-corrected chi connectivity index (χ4v) is 10.4. The Morgan fingerprint density at radius 1 is 0.360 bits per heavy atom. The summed E-state index contributed by atoms with van der Waals surface area (Å²) in [5.41, 5.74) is 0. The quantitative estimate of drug-likeness (QED) is 0.0320. The second kappa shape index (κ2) is 64.6. The largest absolute Gasteiger partial charge is 0.466 e. The van der Waals surface area contributed by atoms with E-state index in [1.165, 1.54) is 276 Å². The minimum absolute atomic E-state index is 0.00469. The minimum atomic E-state index is -0.855. The molecule has 0 saturated heterocycles. The SMILES string of the molecule is CCCCCCCCC/C=C\CCCCCCCC(=O)OCCCCCCCCCCC/C=C\CCCCCCCC(=O)NC(CO)C(O)/C=C/CCCCCCCCCCCCCCCCCCCCCCCC. The van der Waals surface area contributed by atoms with Crippen LogP contribution in [0.1, 0.15) is 367 Å². The minimum Gasteiger partial charge on any atom is -0.466 e. The molecule has 0 heterocycles. The van der Waals surface area contributed by atoms with Crippen molar-refractivity contribution in [2.75, 3.05) is 13.2 Å². The lowest BCUT2D eigenvalue weighted by molar-refractivity contribution is -0.143. The third kappa shape index (κ3) is 61.2. The molecular weight excluding hydrogens is 923 g/mol. The molecule has 0 saturated carbocycles. The van der Waals surface area contributed by atoms with Crippen molar-refractivity contribution in [1.82, 2.24) is 5.32 Å². The molecule has 2 unspecified atom stereocenters. The fraction of sp³-hybridized carbons (Fsp3) is 0.884. The number of carbonyl (C=O) groups is 2. The van der Waals surface area contributed by atoms with Gasteiger partial charge in [-0.2, -0.15) is 0 Å². The number of hydrogen-bond donors (Lipinski definition) is 3. The van der Waals surface area contributed by atoms with E-state index in [2.05, 4.69) is 43.5 Å². The Balaban J connectivity index is 3.47. The van der Waals surface area contributed by atoms with Gasteiger partial charge in [-0.25, -0.2) is 0 Å². The summed E-state index contributed by atoms with van der Waals surface area (Å²) in [6.45, 7) is 4.91. The molecular formula is C69H131NO5. The molecule has 0 radical (unpaired) electrons. The van der Waals surface area contributed by atoms with Crippen LogP contribution in [0.2, 0.25) is 0 Å². The average Bonchev–Trinajstić information content (AvgIpc) is 3.41. The molecule has 442 valence electrons. The molecule has 0 bridgehead atoms. The van der Waals surface area contributed by atoms with Crippen molar-refractivity contribution in [3.05, 3.63) is 36.5 Å². The first-order chi connectivity index (χ1) is 37.0. The Morgan fingerprint density at radius 2 is 0.627 bits per heavy atom. The number of carbonyl (C=O) groups excluding carboxylic acids is 2. The Hall–Kier alpha value is -1.92. The lowest BCUT2D eigenvalue weighted by Crippen LogP contribution is -2.45. The summed E-state index contributed by atoms with van der Waals surface area (Å²) in [6, 6.07) is -0.640. The Bertz CT molecular complexity index is 1210. The van der Waals surface area contributed by atoms with Gasteiger partial charge in [0.1, 0.15) is 0 Å². The molecule has 0 aromatic heterocycles. The summed E-state index contributed by atoms with van der Waals surface area (Å²) in [4.78, 5) is 24.6. The number of aliphatic hydroxyl groups excluding tert-OH is 2. The number of hydrogen-bond acceptors (Lipinski definition) is 5. The second-order valence-electron chi connectivity index (χ2n) is 23.1. The maximum absolute atomic E-state index is 12.5. The number of esters is 1. The number of aliphatic hydroxyl groups is 2. The van der Waals surface area contributed by atoms with Crippen LogP contribution in [-0.4, -0.2) is 47.4 Å². The predicted octanol–water partition coefficient (Wildman–Crippen LogP) is 21.5. The maximum Gasteiger partial charge on any atom is 0.305 e. The molecule has 1 amide bonds. The number of nitrogens with one attached hydrogen (secondary N) is 1. The molecule has 0 aliphatic carbocycles. The molecule has 2 atom stereocenters. The van der Waals surface area contributed by atoms with Crippen molar-refractivity contribution >= 4 is 11.9 Å². The van der Waals surface area contributed by atoms with Gasteiger partial charge >= 0.3 is 5.97 Å². The van der Waals surface area contributed by atoms with Crippen LogP contribution in [0, 0.1) is 0 Å². The van der Waals surface area contributed by atoms with E-state index in [4.69, 9.17) is 4.74 Å². The van der Waals surface area contributed by atoms with E-state index in [9.17, 15) is 19.8 Å². The highest BCUT2D eigenvalue weighted by atomic mass is 16.5. The number of allylic oxidation sites excluding steroid dienone is 5. The van der Waals surface area contributed by atoms with Crippen molar-refractivity contribution < 1.29 is 24.5 Å². The average molecular weight is 1050 g/mol. The van der Waals surface area contributed by atoms with Gasteiger partial charge in [0.25, 0.3) is 0 Å². The molecule has 6 heteroatoms. The normalized spacial score (nSPS) is 12.7. The smallest absolute Gasteiger partial charge is 0.305 e. The molecule has 0 fully saturated rings. The van der Waals surface area contributed by atoms with Crippen LogP contribution in [0.5, 0.6) is 0 Å². The molecule has 0 aromatic rings. The van der Waals surface area contributed by atoms with Gasteiger partial charge in [-0.15, -0.1) is 0 Å². The zero-order chi connectivity index (χ0) is 54.3. The summed E-state index contributed by atoms with van der Waals surface area (Å²) >= 11 is 0. The lowest BCUT2D eigenvalue weighted by atomic mass is 10.0. The van der Waals surface area contributed by atoms with E-state index in [0.29, 0.717) is 19.4 Å². The Morgan fingerprint density at radius 3 is 0.947 bits per heavy atom.